The summed E-state index contributed by atoms with van der Waals surface area (Å²) in [7, 11) is -2.03. The fraction of sp³-hybridized carbons (Fsp3) is 0.455. The molecular weight excluding hydrogens is 578 g/mol. The van der Waals surface area contributed by atoms with Crippen LogP contribution in [0.2, 0.25) is 0 Å². The fourth-order valence-corrected chi connectivity index (χ4v) is 8.21. The third-order valence-electron chi connectivity index (χ3n) is 8.92. The summed E-state index contributed by atoms with van der Waals surface area (Å²) in [6, 6.07) is 9.99. The van der Waals surface area contributed by atoms with E-state index in [1.807, 2.05) is 40.0 Å². The van der Waals surface area contributed by atoms with Crippen LogP contribution in [0.25, 0.3) is 11.0 Å². The van der Waals surface area contributed by atoms with Crippen molar-refractivity contribution in [2.75, 3.05) is 13.2 Å². The van der Waals surface area contributed by atoms with E-state index < -0.39 is 10.0 Å². The van der Waals surface area contributed by atoms with Gasteiger partial charge in [-0.2, -0.15) is 4.31 Å². The van der Waals surface area contributed by atoms with Crippen LogP contribution in [-0.2, 0) is 46.0 Å². The molecule has 2 aromatic carbocycles. The molecule has 6 rings (SSSR count). The van der Waals surface area contributed by atoms with Gasteiger partial charge >= 0.3 is 5.97 Å². The highest BCUT2D eigenvalue weighted by atomic mass is 32.2. The topological polar surface area (TPSA) is 117 Å². The Bertz CT molecular complexity index is 1850. The van der Waals surface area contributed by atoms with Crippen LogP contribution in [0.15, 0.2) is 41.4 Å². The Hall–Kier alpha value is -3.83. The molecule has 0 N–H and O–H groups in total. The number of carbonyl (C=O) groups is 1. The normalized spacial score (nSPS) is 18.3. The molecule has 0 spiro atoms. The predicted octanol–water partition coefficient (Wildman–Crippen LogP) is 4.92. The van der Waals surface area contributed by atoms with Crippen LogP contribution >= 0.6 is 0 Å². The molecule has 0 saturated heterocycles. The Morgan fingerprint density at radius 2 is 1.98 bits per heavy atom. The van der Waals surface area contributed by atoms with Crippen molar-refractivity contribution in [2.24, 2.45) is 7.05 Å². The molecule has 4 aromatic rings. The molecule has 232 valence electrons. The number of fused-ring (bicyclic) bond motifs is 3. The van der Waals surface area contributed by atoms with Crippen molar-refractivity contribution < 1.29 is 22.7 Å². The standard InChI is InChI=1S/C33H39N5O5S/c1-6-25-19-38(44(40,41)30-13-20(3)17-34-33(30)43-25)18-24-15-23(14-22-9-8-10-27(22)24)28(16-31(39)42-7-2)26-11-12-29-32(21(26)4)35-36-37(29)5/h11-15,17,25,28H,6-10,16,18-19H2,1-5H3/t25-,28?/m1/s1. The van der Waals surface area contributed by atoms with Gasteiger partial charge in [-0.15, -0.1) is 5.10 Å². The van der Waals surface area contributed by atoms with Crippen molar-refractivity contribution in [2.45, 2.75) is 83.3 Å². The van der Waals surface area contributed by atoms with Crippen molar-refractivity contribution >= 4 is 27.0 Å². The van der Waals surface area contributed by atoms with Gasteiger partial charge < -0.3 is 9.47 Å². The maximum atomic E-state index is 14.1. The van der Waals surface area contributed by atoms with E-state index in [2.05, 4.69) is 27.4 Å². The molecule has 0 radical (unpaired) electrons. The first kappa shape index (κ1) is 30.2. The molecule has 2 aliphatic rings. The number of sulfonamides is 1. The first-order chi connectivity index (χ1) is 21.1. The molecular formula is C33H39N5O5S. The molecule has 3 heterocycles. The minimum absolute atomic E-state index is 0.106. The largest absolute Gasteiger partial charge is 0.472 e. The molecule has 2 aromatic heterocycles. The van der Waals surface area contributed by atoms with Gasteiger partial charge in [-0.3, -0.25) is 4.79 Å². The van der Waals surface area contributed by atoms with Crippen molar-refractivity contribution in [1.82, 2.24) is 24.3 Å². The van der Waals surface area contributed by atoms with Gasteiger partial charge in [0.05, 0.1) is 25.1 Å². The van der Waals surface area contributed by atoms with Crippen LogP contribution in [0.4, 0.5) is 0 Å². The minimum atomic E-state index is -3.89. The summed E-state index contributed by atoms with van der Waals surface area (Å²) in [5.41, 5.74) is 8.74. The first-order valence-corrected chi connectivity index (χ1v) is 16.8. The second-order valence-electron chi connectivity index (χ2n) is 11.9. The van der Waals surface area contributed by atoms with Crippen LogP contribution < -0.4 is 4.74 Å². The summed E-state index contributed by atoms with van der Waals surface area (Å²) in [4.78, 5) is 17.4. The lowest BCUT2D eigenvalue weighted by Crippen LogP contribution is -2.36. The summed E-state index contributed by atoms with van der Waals surface area (Å²) in [5, 5.41) is 8.59. The van der Waals surface area contributed by atoms with E-state index in [0.29, 0.717) is 13.0 Å². The second kappa shape index (κ2) is 11.9. The number of benzene rings is 2. The van der Waals surface area contributed by atoms with E-state index in [1.165, 1.54) is 11.1 Å². The number of nitrogens with zero attached hydrogens (tertiary/aromatic N) is 5. The third kappa shape index (κ3) is 5.47. The number of hydrogen-bond donors (Lipinski definition) is 0. The van der Waals surface area contributed by atoms with Gasteiger partial charge in [0, 0.05) is 25.7 Å². The zero-order chi connectivity index (χ0) is 31.2. The van der Waals surface area contributed by atoms with Gasteiger partial charge in [0.25, 0.3) is 0 Å². The number of hydrogen-bond acceptors (Lipinski definition) is 8. The van der Waals surface area contributed by atoms with E-state index >= 15 is 0 Å². The lowest BCUT2D eigenvalue weighted by molar-refractivity contribution is -0.143. The summed E-state index contributed by atoms with van der Waals surface area (Å²) < 4.78 is 43.0. The molecule has 1 unspecified atom stereocenters. The van der Waals surface area contributed by atoms with Gasteiger partial charge in [-0.1, -0.05) is 30.3 Å². The molecule has 1 aliphatic carbocycles. The van der Waals surface area contributed by atoms with Crippen molar-refractivity contribution in [1.29, 1.82) is 0 Å². The predicted molar refractivity (Wildman–Crippen MR) is 166 cm³/mol. The quantitative estimate of drug-likeness (QED) is 0.256. The summed E-state index contributed by atoms with van der Waals surface area (Å²) in [5.74, 6) is -0.422. The fourth-order valence-electron chi connectivity index (χ4n) is 6.60. The van der Waals surface area contributed by atoms with E-state index in [4.69, 9.17) is 9.47 Å². The highest BCUT2D eigenvalue weighted by Gasteiger charge is 2.36. The monoisotopic (exact) mass is 617 g/mol. The Morgan fingerprint density at radius 1 is 1.16 bits per heavy atom. The van der Waals surface area contributed by atoms with Crippen LogP contribution in [0.1, 0.15) is 78.0 Å². The van der Waals surface area contributed by atoms with Gasteiger partial charge in [0.1, 0.15) is 16.5 Å². The Morgan fingerprint density at radius 3 is 2.75 bits per heavy atom. The zero-order valence-electron chi connectivity index (χ0n) is 26.0. The molecule has 0 fully saturated rings. The van der Waals surface area contributed by atoms with E-state index in [9.17, 15) is 13.2 Å². The highest BCUT2D eigenvalue weighted by molar-refractivity contribution is 7.89. The SMILES string of the molecule is CCOC(=O)CC(c1cc2c(c(CN3C[C@@H](CC)Oc4ncc(C)cc4S3(=O)=O)c1)CCC2)c1ccc2c(nnn2C)c1C. The zero-order valence-corrected chi connectivity index (χ0v) is 26.8. The Balaban J connectivity index is 1.46. The number of aryl methyl sites for hydroxylation is 4. The average molecular weight is 618 g/mol. The number of aromatic nitrogens is 4. The Kier molecular flexibility index (Phi) is 8.19. The highest BCUT2D eigenvalue weighted by Crippen LogP contribution is 2.39. The number of rotatable bonds is 8. The molecule has 10 nitrogen and oxygen atoms in total. The van der Waals surface area contributed by atoms with E-state index in [-0.39, 0.29) is 48.3 Å². The average Bonchev–Trinajstić information content (AvgIpc) is 3.61. The molecule has 44 heavy (non-hydrogen) atoms. The number of pyridine rings is 1. The second-order valence-corrected chi connectivity index (χ2v) is 13.8. The first-order valence-electron chi connectivity index (χ1n) is 15.3. The van der Waals surface area contributed by atoms with Gasteiger partial charge in [-0.05, 0) is 97.5 Å². The molecule has 11 heteroatoms. The van der Waals surface area contributed by atoms with Crippen LogP contribution in [0.3, 0.4) is 0 Å². The lowest BCUT2D eigenvalue weighted by Gasteiger charge is -2.26. The molecule has 1 aliphatic heterocycles. The maximum absolute atomic E-state index is 14.1. The third-order valence-corrected chi connectivity index (χ3v) is 10.7. The molecule has 0 bridgehead atoms. The van der Waals surface area contributed by atoms with Gasteiger partial charge in [-0.25, -0.2) is 18.1 Å². The number of carbonyl (C=O) groups excluding carboxylic acids is 1. The van der Waals surface area contributed by atoms with E-state index in [0.717, 1.165) is 58.1 Å². The smallest absolute Gasteiger partial charge is 0.306 e. The van der Waals surface area contributed by atoms with E-state index in [1.54, 1.807) is 28.2 Å². The molecule has 0 amide bonds. The van der Waals surface area contributed by atoms with Gasteiger partial charge in [0.2, 0.25) is 15.9 Å². The molecule has 0 saturated carbocycles. The van der Waals surface area contributed by atoms with Crippen molar-refractivity contribution in [3.8, 4) is 5.88 Å². The maximum Gasteiger partial charge on any atom is 0.306 e. The van der Waals surface area contributed by atoms with Crippen LogP contribution in [-0.4, -0.2) is 57.9 Å². The summed E-state index contributed by atoms with van der Waals surface area (Å²) in [6.45, 7) is 8.37. The lowest BCUT2D eigenvalue weighted by atomic mass is 9.83. The molecule has 2 atom stereocenters. The minimum Gasteiger partial charge on any atom is -0.472 e. The summed E-state index contributed by atoms with van der Waals surface area (Å²) >= 11 is 0. The van der Waals surface area contributed by atoms with Crippen LogP contribution in [0.5, 0.6) is 5.88 Å². The summed E-state index contributed by atoms with van der Waals surface area (Å²) in [6.07, 6.45) is 4.90. The van der Waals surface area contributed by atoms with Crippen molar-refractivity contribution in [3.63, 3.8) is 0 Å². The number of ether oxygens (including phenoxy) is 2. The van der Waals surface area contributed by atoms with Crippen LogP contribution in [0, 0.1) is 13.8 Å². The van der Waals surface area contributed by atoms with Crippen molar-refractivity contribution in [3.05, 3.63) is 75.5 Å². The Labute approximate surface area is 258 Å². The number of esters is 1. The van der Waals surface area contributed by atoms with Gasteiger partial charge in [0.15, 0.2) is 0 Å².